The molecule has 1 fully saturated rings. The van der Waals surface area contributed by atoms with Gasteiger partial charge in [0.15, 0.2) is 0 Å². The fourth-order valence-electron chi connectivity index (χ4n) is 1.75. The minimum absolute atomic E-state index is 0.137. The van der Waals surface area contributed by atoms with Gasteiger partial charge in [0.2, 0.25) is 0 Å². The molecule has 1 aliphatic carbocycles. The van der Waals surface area contributed by atoms with Gasteiger partial charge in [0.25, 0.3) is 0 Å². The number of amides is 2. The quantitative estimate of drug-likeness (QED) is 0.620. The number of carboxylic acids is 1. The van der Waals surface area contributed by atoms with Gasteiger partial charge < -0.3 is 20.6 Å². The molecule has 0 heterocycles. The molecule has 0 radical (unpaired) electrons. The first-order valence-electron chi connectivity index (χ1n) is 6.39. The molecule has 0 aliphatic heterocycles. The van der Waals surface area contributed by atoms with E-state index in [0.29, 0.717) is 12.6 Å². The van der Waals surface area contributed by atoms with E-state index in [1.54, 1.807) is 13.8 Å². The Morgan fingerprint density at radius 1 is 1.39 bits per heavy atom. The van der Waals surface area contributed by atoms with Gasteiger partial charge >= 0.3 is 12.0 Å². The summed E-state index contributed by atoms with van der Waals surface area (Å²) < 4.78 is 0. The summed E-state index contributed by atoms with van der Waals surface area (Å²) in [6, 6.07) is -0.594. The minimum Gasteiger partial charge on any atom is -0.480 e. The molecule has 1 atom stereocenters. The van der Waals surface area contributed by atoms with Crippen molar-refractivity contribution in [2.24, 2.45) is 5.92 Å². The predicted molar refractivity (Wildman–Crippen MR) is 68.4 cm³/mol. The zero-order chi connectivity index (χ0) is 13.7. The van der Waals surface area contributed by atoms with Crippen LogP contribution >= 0.6 is 0 Å². The number of likely N-dealkylation sites (N-methyl/N-ethyl adjacent to an activating group) is 1. The molecular formula is C12H23N3O3. The van der Waals surface area contributed by atoms with Crippen molar-refractivity contribution in [3.8, 4) is 0 Å². The summed E-state index contributed by atoms with van der Waals surface area (Å²) in [4.78, 5) is 24.6. The van der Waals surface area contributed by atoms with Crippen LogP contribution in [0.5, 0.6) is 0 Å². The van der Waals surface area contributed by atoms with Gasteiger partial charge in [-0.1, -0.05) is 13.8 Å². The van der Waals surface area contributed by atoms with E-state index in [1.165, 1.54) is 12.8 Å². The van der Waals surface area contributed by atoms with Gasteiger partial charge in [0, 0.05) is 19.1 Å². The monoisotopic (exact) mass is 257 g/mol. The van der Waals surface area contributed by atoms with Crippen molar-refractivity contribution in [3.63, 3.8) is 0 Å². The third-order valence-corrected chi connectivity index (χ3v) is 3.14. The first kappa shape index (κ1) is 14.8. The topological polar surface area (TPSA) is 81.7 Å². The van der Waals surface area contributed by atoms with Crippen molar-refractivity contribution in [2.75, 3.05) is 20.1 Å². The molecule has 6 nitrogen and oxygen atoms in total. The van der Waals surface area contributed by atoms with Gasteiger partial charge in [0.1, 0.15) is 6.04 Å². The molecular weight excluding hydrogens is 234 g/mol. The summed E-state index contributed by atoms with van der Waals surface area (Å²) in [5.74, 6) is -1.14. The molecule has 0 aromatic heterocycles. The maximum atomic E-state index is 11.5. The summed E-state index contributed by atoms with van der Waals surface area (Å²) in [7, 11) is 2.03. The SMILES string of the molecule is CC(C)C(NC(=O)NCCN(C)C1CC1)C(=O)O. The van der Waals surface area contributed by atoms with Crippen LogP contribution in [-0.4, -0.2) is 54.2 Å². The highest BCUT2D eigenvalue weighted by Gasteiger charge is 2.26. The number of hydrogen-bond acceptors (Lipinski definition) is 3. The molecule has 1 aliphatic rings. The summed E-state index contributed by atoms with van der Waals surface area (Å²) >= 11 is 0. The highest BCUT2D eigenvalue weighted by molar-refractivity contribution is 5.82. The number of aliphatic carboxylic acids is 1. The van der Waals surface area contributed by atoms with Crippen molar-refractivity contribution >= 4 is 12.0 Å². The van der Waals surface area contributed by atoms with Gasteiger partial charge in [-0.15, -0.1) is 0 Å². The molecule has 18 heavy (non-hydrogen) atoms. The Bertz CT molecular complexity index is 303. The van der Waals surface area contributed by atoms with Crippen LogP contribution in [0.15, 0.2) is 0 Å². The lowest BCUT2D eigenvalue weighted by Gasteiger charge is -2.19. The fraction of sp³-hybridized carbons (Fsp3) is 0.833. The molecule has 2 amide bonds. The van der Waals surface area contributed by atoms with Crippen LogP contribution in [0, 0.1) is 5.92 Å². The highest BCUT2D eigenvalue weighted by Crippen LogP contribution is 2.24. The zero-order valence-electron chi connectivity index (χ0n) is 11.3. The minimum atomic E-state index is -1.00. The van der Waals surface area contributed by atoms with Crippen LogP contribution in [0.3, 0.4) is 0 Å². The Morgan fingerprint density at radius 3 is 2.44 bits per heavy atom. The summed E-state index contributed by atoms with van der Waals surface area (Å²) in [5, 5.41) is 14.1. The number of nitrogens with one attached hydrogen (secondary N) is 2. The lowest BCUT2D eigenvalue weighted by Crippen LogP contribution is -2.49. The molecule has 6 heteroatoms. The number of urea groups is 1. The van der Waals surface area contributed by atoms with Crippen LogP contribution in [0.25, 0.3) is 0 Å². The maximum absolute atomic E-state index is 11.5. The smallest absolute Gasteiger partial charge is 0.326 e. The maximum Gasteiger partial charge on any atom is 0.326 e. The first-order valence-corrected chi connectivity index (χ1v) is 6.39. The van der Waals surface area contributed by atoms with E-state index in [-0.39, 0.29) is 5.92 Å². The van der Waals surface area contributed by atoms with Gasteiger partial charge in [-0.2, -0.15) is 0 Å². The summed E-state index contributed by atoms with van der Waals surface area (Å²) in [6.45, 7) is 4.85. The Labute approximate surface area is 108 Å². The number of carboxylic acid groups (broad SMARTS) is 1. The molecule has 104 valence electrons. The van der Waals surface area contributed by atoms with E-state index < -0.39 is 18.0 Å². The molecule has 1 rings (SSSR count). The summed E-state index contributed by atoms with van der Waals surface area (Å²) in [5.41, 5.74) is 0. The average molecular weight is 257 g/mol. The fourth-order valence-corrected chi connectivity index (χ4v) is 1.75. The van der Waals surface area contributed by atoms with Gasteiger partial charge in [-0.3, -0.25) is 0 Å². The Morgan fingerprint density at radius 2 is 2.00 bits per heavy atom. The molecule has 3 N–H and O–H groups in total. The van der Waals surface area contributed by atoms with Crippen molar-refractivity contribution in [3.05, 3.63) is 0 Å². The van der Waals surface area contributed by atoms with Crippen molar-refractivity contribution < 1.29 is 14.7 Å². The Balaban J connectivity index is 2.20. The van der Waals surface area contributed by atoms with E-state index in [9.17, 15) is 9.59 Å². The predicted octanol–water partition coefficient (Wildman–Crippen LogP) is 0.489. The molecule has 1 saturated carbocycles. The number of carbonyl (C=O) groups excluding carboxylic acids is 1. The van der Waals surface area contributed by atoms with Crippen molar-refractivity contribution in [1.29, 1.82) is 0 Å². The van der Waals surface area contributed by atoms with Gasteiger partial charge in [-0.05, 0) is 25.8 Å². The third-order valence-electron chi connectivity index (χ3n) is 3.14. The normalized spacial score (nSPS) is 16.7. The van der Waals surface area contributed by atoms with Crippen LogP contribution in [0.1, 0.15) is 26.7 Å². The van der Waals surface area contributed by atoms with Crippen molar-refractivity contribution in [2.45, 2.75) is 38.8 Å². The zero-order valence-corrected chi connectivity index (χ0v) is 11.3. The van der Waals surface area contributed by atoms with Crippen LogP contribution in [0.4, 0.5) is 4.79 Å². The van der Waals surface area contributed by atoms with E-state index in [0.717, 1.165) is 6.54 Å². The molecule has 0 bridgehead atoms. The van der Waals surface area contributed by atoms with Crippen LogP contribution in [0.2, 0.25) is 0 Å². The van der Waals surface area contributed by atoms with Crippen molar-refractivity contribution in [1.82, 2.24) is 15.5 Å². The number of carbonyl (C=O) groups is 2. The second-order valence-corrected chi connectivity index (χ2v) is 5.17. The number of rotatable bonds is 7. The second kappa shape index (κ2) is 6.58. The average Bonchev–Trinajstić information content (AvgIpc) is 3.08. The molecule has 0 aromatic carbocycles. The van der Waals surface area contributed by atoms with Crippen LogP contribution in [-0.2, 0) is 4.79 Å². The lowest BCUT2D eigenvalue weighted by atomic mass is 10.1. The second-order valence-electron chi connectivity index (χ2n) is 5.17. The lowest BCUT2D eigenvalue weighted by molar-refractivity contribution is -0.140. The van der Waals surface area contributed by atoms with Gasteiger partial charge in [0.05, 0.1) is 0 Å². The third kappa shape index (κ3) is 4.91. The van der Waals surface area contributed by atoms with Crippen LogP contribution < -0.4 is 10.6 Å². The van der Waals surface area contributed by atoms with E-state index >= 15 is 0 Å². The standard InChI is InChI=1S/C12H23N3O3/c1-8(2)10(11(16)17)14-12(18)13-6-7-15(3)9-4-5-9/h8-10H,4-7H2,1-3H3,(H,16,17)(H2,13,14,18). The molecule has 1 unspecified atom stereocenters. The molecule has 0 saturated heterocycles. The van der Waals surface area contributed by atoms with E-state index in [1.807, 2.05) is 7.05 Å². The number of hydrogen-bond donors (Lipinski definition) is 3. The Hall–Kier alpha value is -1.30. The molecule has 0 aromatic rings. The number of nitrogens with zero attached hydrogens (tertiary/aromatic N) is 1. The van der Waals surface area contributed by atoms with Gasteiger partial charge in [-0.25, -0.2) is 9.59 Å². The first-order chi connectivity index (χ1) is 8.41. The van der Waals surface area contributed by atoms with E-state index in [2.05, 4.69) is 15.5 Å². The highest BCUT2D eigenvalue weighted by atomic mass is 16.4. The largest absolute Gasteiger partial charge is 0.480 e. The van der Waals surface area contributed by atoms with E-state index in [4.69, 9.17) is 5.11 Å². The molecule has 0 spiro atoms. The Kier molecular flexibility index (Phi) is 5.40. The summed E-state index contributed by atoms with van der Waals surface area (Å²) in [6.07, 6.45) is 2.47.